The van der Waals surface area contributed by atoms with Crippen molar-refractivity contribution in [2.75, 3.05) is 23.9 Å². The van der Waals surface area contributed by atoms with Crippen molar-refractivity contribution in [1.29, 1.82) is 0 Å². The van der Waals surface area contributed by atoms with Crippen molar-refractivity contribution >= 4 is 29.1 Å². The Morgan fingerprint density at radius 2 is 1.89 bits per heavy atom. The molecule has 1 fully saturated rings. The first-order chi connectivity index (χ1) is 21.4. The molecule has 10 heteroatoms. The molecule has 4 aromatic rings. The summed E-state index contributed by atoms with van der Waals surface area (Å²) in [4.78, 5) is 46.7. The first kappa shape index (κ1) is 30.5. The van der Waals surface area contributed by atoms with Gasteiger partial charge in [-0.25, -0.2) is 4.39 Å². The maximum absolute atomic E-state index is 14.1. The summed E-state index contributed by atoms with van der Waals surface area (Å²) in [7, 11) is 1.50. The highest BCUT2D eigenvalue weighted by molar-refractivity contribution is 6.09. The Kier molecular flexibility index (Phi) is 10.0. The van der Waals surface area contributed by atoms with E-state index in [1.807, 2.05) is 0 Å². The van der Waals surface area contributed by atoms with E-state index >= 15 is 0 Å². The number of benzene rings is 2. The lowest BCUT2D eigenvalue weighted by Crippen LogP contribution is -2.44. The third-order valence-electron chi connectivity index (χ3n) is 7.75. The van der Waals surface area contributed by atoms with E-state index in [0.29, 0.717) is 29.1 Å². The van der Waals surface area contributed by atoms with Crippen LogP contribution in [0.2, 0.25) is 0 Å². The van der Waals surface area contributed by atoms with Crippen molar-refractivity contribution in [2.45, 2.75) is 44.6 Å². The molecule has 1 aliphatic rings. The van der Waals surface area contributed by atoms with E-state index in [0.717, 1.165) is 37.7 Å². The van der Waals surface area contributed by atoms with E-state index in [1.165, 1.54) is 42.7 Å². The molecule has 2 aromatic heterocycles. The number of hydrogen-bond donors (Lipinski definition) is 2. The number of aromatic nitrogens is 1. The number of methoxy groups -OCH3 is 1. The van der Waals surface area contributed by atoms with Gasteiger partial charge in [0.1, 0.15) is 17.6 Å². The summed E-state index contributed by atoms with van der Waals surface area (Å²) in [6.45, 7) is 0.202. The van der Waals surface area contributed by atoms with Crippen molar-refractivity contribution in [2.24, 2.45) is 5.92 Å². The summed E-state index contributed by atoms with van der Waals surface area (Å²) in [6, 6.07) is 16.4. The fraction of sp³-hybridized carbons (Fsp3) is 0.294. The summed E-state index contributed by atoms with van der Waals surface area (Å²) in [6.07, 6.45) is 9.62. The van der Waals surface area contributed by atoms with Gasteiger partial charge in [0.2, 0.25) is 11.8 Å². The summed E-state index contributed by atoms with van der Waals surface area (Å²) in [5.74, 6) is -1.18. The number of anilines is 2. The summed E-state index contributed by atoms with van der Waals surface area (Å²) in [5.41, 5.74) is 1.90. The van der Waals surface area contributed by atoms with Crippen molar-refractivity contribution in [1.82, 2.24) is 10.3 Å². The number of ether oxygens (including phenoxy) is 1. The van der Waals surface area contributed by atoms with Crippen LogP contribution < -0.4 is 20.3 Å². The van der Waals surface area contributed by atoms with E-state index in [9.17, 15) is 18.8 Å². The Bertz CT molecular complexity index is 1570. The molecule has 228 valence electrons. The van der Waals surface area contributed by atoms with Crippen LogP contribution in [0.1, 0.15) is 59.8 Å². The SMILES string of the molecule is COc1ccc(N(C(=O)c2ccco2)C(C(=O)NCCc2cccc(F)c2)c2cccnc2)cc1NC(=O)C1CCCCC1. The highest BCUT2D eigenvalue weighted by Gasteiger charge is 2.35. The standard InChI is InChI=1S/C34H35FN4O5/c1-43-29-15-14-27(21-28(29)38-32(40)24-9-3-2-4-10-24)39(34(42)30-13-7-19-44-30)31(25-11-6-17-36-22-25)33(41)37-18-16-23-8-5-12-26(35)20-23/h5-8,11-15,17,19-22,24,31H,2-4,9-10,16,18H2,1H3,(H,37,41)(H,38,40). The van der Waals surface area contributed by atoms with Crippen LogP contribution in [-0.4, -0.2) is 36.4 Å². The molecule has 0 saturated heterocycles. The summed E-state index contributed by atoms with van der Waals surface area (Å²) >= 11 is 0. The monoisotopic (exact) mass is 598 g/mol. The van der Waals surface area contributed by atoms with Gasteiger partial charge >= 0.3 is 0 Å². The largest absolute Gasteiger partial charge is 0.495 e. The molecule has 0 bridgehead atoms. The van der Waals surface area contributed by atoms with Gasteiger partial charge in [0, 0.05) is 36.1 Å². The first-order valence-corrected chi connectivity index (χ1v) is 14.7. The van der Waals surface area contributed by atoms with Gasteiger partial charge < -0.3 is 19.8 Å². The summed E-state index contributed by atoms with van der Waals surface area (Å²) in [5, 5.41) is 5.90. The number of rotatable bonds is 11. The molecule has 0 radical (unpaired) electrons. The lowest BCUT2D eigenvalue weighted by atomic mass is 9.88. The van der Waals surface area contributed by atoms with Crippen molar-refractivity contribution in [3.8, 4) is 5.75 Å². The molecular weight excluding hydrogens is 563 g/mol. The fourth-order valence-electron chi connectivity index (χ4n) is 5.52. The Hall–Kier alpha value is -4.99. The lowest BCUT2D eigenvalue weighted by molar-refractivity contribution is -0.122. The molecule has 1 unspecified atom stereocenters. The topological polar surface area (TPSA) is 114 Å². The van der Waals surface area contributed by atoms with Crippen LogP contribution in [0.5, 0.6) is 5.75 Å². The quantitative estimate of drug-likeness (QED) is 0.216. The van der Waals surface area contributed by atoms with E-state index < -0.39 is 17.9 Å². The van der Waals surface area contributed by atoms with Gasteiger partial charge in [0.15, 0.2) is 5.76 Å². The number of hydrogen-bond acceptors (Lipinski definition) is 6. The molecule has 2 N–H and O–H groups in total. The zero-order chi connectivity index (χ0) is 30.9. The zero-order valence-corrected chi connectivity index (χ0v) is 24.5. The van der Waals surface area contributed by atoms with E-state index in [1.54, 1.807) is 54.7 Å². The predicted octanol–water partition coefficient (Wildman–Crippen LogP) is 6.09. The van der Waals surface area contributed by atoms with Gasteiger partial charge in [-0.05, 0) is 73.4 Å². The number of carbonyl (C=O) groups excluding carboxylic acids is 3. The first-order valence-electron chi connectivity index (χ1n) is 14.7. The smallest absolute Gasteiger partial charge is 0.294 e. The Labute approximate surface area is 255 Å². The maximum Gasteiger partial charge on any atom is 0.294 e. The number of amides is 3. The Morgan fingerprint density at radius 1 is 1.05 bits per heavy atom. The molecule has 1 atom stereocenters. The second-order valence-corrected chi connectivity index (χ2v) is 10.7. The number of nitrogens with one attached hydrogen (secondary N) is 2. The Balaban J connectivity index is 1.50. The van der Waals surface area contributed by atoms with Gasteiger partial charge in [-0.2, -0.15) is 0 Å². The number of halogens is 1. The highest BCUT2D eigenvalue weighted by atomic mass is 19.1. The number of furan rings is 1. The van der Waals surface area contributed by atoms with Crippen molar-refractivity contribution < 1.29 is 27.9 Å². The van der Waals surface area contributed by atoms with Gasteiger partial charge in [-0.3, -0.25) is 24.3 Å². The summed E-state index contributed by atoms with van der Waals surface area (Å²) < 4.78 is 24.7. The molecule has 2 heterocycles. The molecule has 44 heavy (non-hydrogen) atoms. The maximum atomic E-state index is 14.1. The third-order valence-corrected chi connectivity index (χ3v) is 7.75. The van der Waals surface area contributed by atoms with Crippen LogP contribution in [0.15, 0.2) is 89.8 Å². The van der Waals surface area contributed by atoms with Gasteiger partial charge in [0.05, 0.1) is 19.1 Å². The molecule has 2 aromatic carbocycles. The minimum Gasteiger partial charge on any atom is -0.495 e. The second-order valence-electron chi connectivity index (χ2n) is 10.7. The van der Waals surface area contributed by atoms with Crippen LogP contribution in [0.4, 0.5) is 15.8 Å². The van der Waals surface area contributed by atoms with Gasteiger partial charge in [-0.1, -0.05) is 37.5 Å². The normalized spacial score (nSPS) is 14.0. The molecule has 1 aliphatic carbocycles. The van der Waals surface area contributed by atoms with Crippen LogP contribution in [0.3, 0.4) is 0 Å². The van der Waals surface area contributed by atoms with E-state index in [-0.39, 0.29) is 29.9 Å². The molecule has 0 spiro atoms. The highest BCUT2D eigenvalue weighted by Crippen LogP contribution is 2.36. The number of pyridine rings is 1. The zero-order valence-electron chi connectivity index (χ0n) is 24.5. The average Bonchev–Trinajstić information content (AvgIpc) is 3.59. The van der Waals surface area contributed by atoms with Crippen LogP contribution in [0.25, 0.3) is 0 Å². The lowest BCUT2D eigenvalue weighted by Gasteiger charge is -2.31. The fourth-order valence-corrected chi connectivity index (χ4v) is 5.52. The van der Waals surface area contributed by atoms with E-state index in [2.05, 4.69) is 15.6 Å². The molecule has 3 amide bonds. The molecular formula is C34H35FN4O5. The van der Waals surface area contributed by atoms with Crippen LogP contribution in [-0.2, 0) is 16.0 Å². The van der Waals surface area contributed by atoms with Crippen LogP contribution in [0, 0.1) is 11.7 Å². The molecule has 0 aliphatic heterocycles. The predicted molar refractivity (Wildman–Crippen MR) is 164 cm³/mol. The van der Waals surface area contributed by atoms with Crippen LogP contribution >= 0.6 is 0 Å². The van der Waals surface area contributed by atoms with E-state index in [4.69, 9.17) is 9.15 Å². The third kappa shape index (κ3) is 7.31. The molecule has 5 rings (SSSR count). The average molecular weight is 599 g/mol. The second kappa shape index (κ2) is 14.5. The minimum absolute atomic E-state index is 0.0232. The number of carbonyl (C=O) groups is 3. The minimum atomic E-state index is -1.16. The van der Waals surface area contributed by atoms with Gasteiger partial charge in [0.25, 0.3) is 5.91 Å². The Morgan fingerprint density at radius 3 is 2.59 bits per heavy atom. The van der Waals surface area contributed by atoms with Gasteiger partial charge in [-0.15, -0.1) is 0 Å². The molecule has 9 nitrogen and oxygen atoms in total. The molecule has 1 saturated carbocycles. The van der Waals surface area contributed by atoms with Crippen molar-refractivity contribution in [3.05, 3.63) is 108 Å². The number of nitrogens with zero attached hydrogens (tertiary/aromatic N) is 2. The van der Waals surface area contributed by atoms with Crippen molar-refractivity contribution in [3.63, 3.8) is 0 Å².